The van der Waals surface area contributed by atoms with E-state index in [2.05, 4.69) is 24.9 Å². The number of nitrogens with one attached hydrogen (secondary N) is 1. The van der Waals surface area contributed by atoms with Crippen molar-refractivity contribution in [3.63, 3.8) is 0 Å². The predicted molar refractivity (Wildman–Crippen MR) is 145 cm³/mol. The summed E-state index contributed by atoms with van der Waals surface area (Å²) in [5.74, 6) is 1.65. The minimum Gasteiger partial charge on any atom is -0.494 e. The molecule has 1 fully saturated rings. The summed E-state index contributed by atoms with van der Waals surface area (Å²) in [6, 6.07) is 5.32. The van der Waals surface area contributed by atoms with Crippen LogP contribution < -0.4 is 14.2 Å². The maximum atomic E-state index is 13.8. The van der Waals surface area contributed by atoms with Crippen molar-refractivity contribution in [2.24, 2.45) is 0 Å². The first-order chi connectivity index (χ1) is 18.7. The number of methoxy groups -OCH3 is 2. The SMILES string of the molecule is COc1cccc(OC)c1-n1c(NS(=O)(=O)C(C)C(OC(C)C)c2ncc(C)cn2)nnc1[C@H]1CCCOC1. The fourth-order valence-corrected chi connectivity index (χ4v) is 5.53. The Morgan fingerprint density at radius 2 is 1.74 bits per heavy atom. The van der Waals surface area contributed by atoms with E-state index in [-0.39, 0.29) is 23.8 Å². The van der Waals surface area contributed by atoms with Crippen LogP contribution in [0.2, 0.25) is 0 Å². The summed E-state index contributed by atoms with van der Waals surface area (Å²) < 4.78 is 54.9. The lowest BCUT2D eigenvalue weighted by Gasteiger charge is -2.26. The van der Waals surface area contributed by atoms with Crippen LogP contribution in [-0.4, -0.2) is 71.9 Å². The number of nitrogens with zero attached hydrogens (tertiary/aromatic N) is 5. The zero-order valence-corrected chi connectivity index (χ0v) is 23.9. The van der Waals surface area contributed by atoms with E-state index in [1.807, 2.05) is 20.8 Å². The number of para-hydroxylation sites is 1. The lowest BCUT2D eigenvalue weighted by Crippen LogP contribution is -2.35. The van der Waals surface area contributed by atoms with Crippen LogP contribution in [0.5, 0.6) is 11.5 Å². The van der Waals surface area contributed by atoms with E-state index in [4.69, 9.17) is 18.9 Å². The minimum atomic E-state index is -4.09. The highest BCUT2D eigenvalue weighted by Crippen LogP contribution is 2.38. The molecular formula is C26H36N6O6S. The Labute approximate surface area is 229 Å². The lowest BCUT2D eigenvalue weighted by atomic mass is 10.0. The number of hydrogen-bond donors (Lipinski definition) is 1. The van der Waals surface area contributed by atoms with Crippen LogP contribution in [0.25, 0.3) is 5.69 Å². The smallest absolute Gasteiger partial charge is 0.243 e. The lowest BCUT2D eigenvalue weighted by molar-refractivity contribution is 0.00152. The zero-order valence-electron chi connectivity index (χ0n) is 23.1. The van der Waals surface area contributed by atoms with Crippen LogP contribution in [0.15, 0.2) is 30.6 Å². The van der Waals surface area contributed by atoms with Gasteiger partial charge in [0.15, 0.2) is 5.82 Å². The summed E-state index contributed by atoms with van der Waals surface area (Å²) in [4.78, 5) is 8.68. The molecule has 0 bridgehead atoms. The van der Waals surface area contributed by atoms with Crippen molar-refractivity contribution in [1.82, 2.24) is 24.7 Å². The molecule has 212 valence electrons. The molecule has 3 atom stereocenters. The van der Waals surface area contributed by atoms with Crippen molar-refractivity contribution in [2.45, 2.75) is 63.9 Å². The van der Waals surface area contributed by atoms with Gasteiger partial charge in [0.2, 0.25) is 16.0 Å². The van der Waals surface area contributed by atoms with E-state index in [1.54, 1.807) is 42.1 Å². The van der Waals surface area contributed by atoms with E-state index in [0.717, 1.165) is 18.4 Å². The summed E-state index contributed by atoms with van der Waals surface area (Å²) in [7, 11) is -1.02. The maximum absolute atomic E-state index is 13.8. The monoisotopic (exact) mass is 560 g/mol. The van der Waals surface area contributed by atoms with Crippen molar-refractivity contribution < 1.29 is 27.4 Å². The minimum absolute atomic E-state index is 0.00153. The summed E-state index contributed by atoms with van der Waals surface area (Å²) in [5.41, 5.74) is 1.34. The highest BCUT2D eigenvalue weighted by Gasteiger charge is 2.36. The molecule has 12 nitrogen and oxygen atoms in total. The summed E-state index contributed by atoms with van der Waals surface area (Å²) in [5, 5.41) is 7.61. The largest absolute Gasteiger partial charge is 0.494 e. The number of aryl methyl sites for hydroxylation is 1. The number of aromatic nitrogens is 5. The first-order valence-electron chi connectivity index (χ1n) is 12.9. The Bertz CT molecular complexity index is 1330. The van der Waals surface area contributed by atoms with Crippen molar-refractivity contribution in [3.8, 4) is 17.2 Å². The van der Waals surface area contributed by atoms with Gasteiger partial charge in [-0.05, 0) is 58.2 Å². The molecule has 39 heavy (non-hydrogen) atoms. The average Bonchev–Trinajstić information content (AvgIpc) is 3.33. The van der Waals surface area contributed by atoms with E-state index in [9.17, 15) is 8.42 Å². The van der Waals surface area contributed by atoms with Gasteiger partial charge in [0.05, 0.1) is 26.9 Å². The Hall–Kier alpha value is -3.29. The molecular weight excluding hydrogens is 524 g/mol. The van der Waals surface area contributed by atoms with Gasteiger partial charge in [-0.25, -0.2) is 18.4 Å². The summed E-state index contributed by atoms with van der Waals surface area (Å²) in [6.45, 7) is 8.18. The van der Waals surface area contributed by atoms with Gasteiger partial charge in [0, 0.05) is 24.9 Å². The summed E-state index contributed by atoms with van der Waals surface area (Å²) in [6.07, 6.45) is 3.74. The number of sulfonamides is 1. The maximum Gasteiger partial charge on any atom is 0.243 e. The van der Waals surface area contributed by atoms with Gasteiger partial charge in [-0.1, -0.05) is 6.07 Å². The molecule has 1 aromatic carbocycles. The van der Waals surface area contributed by atoms with Gasteiger partial charge < -0.3 is 18.9 Å². The molecule has 1 aliphatic rings. The molecule has 4 rings (SSSR count). The number of rotatable bonds is 11. The second-order valence-electron chi connectivity index (χ2n) is 9.72. The molecule has 1 aliphatic heterocycles. The molecule has 0 aliphatic carbocycles. The molecule has 0 radical (unpaired) electrons. The van der Waals surface area contributed by atoms with Gasteiger partial charge in [-0.15, -0.1) is 10.2 Å². The predicted octanol–water partition coefficient (Wildman–Crippen LogP) is 3.57. The second-order valence-corrected chi connectivity index (χ2v) is 11.8. The molecule has 2 unspecified atom stereocenters. The van der Waals surface area contributed by atoms with Crippen molar-refractivity contribution in [1.29, 1.82) is 0 Å². The Morgan fingerprint density at radius 3 is 2.31 bits per heavy atom. The first-order valence-corrected chi connectivity index (χ1v) is 14.4. The first kappa shape index (κ1) is 28.7. The van der Waals surface area contributed by atoms with Crippen LogP contribution in [0.4, 0.5) is 5.95 Å². The number of anilines is 1. The van der Waals surface area contributed by atoms with E-state index in [1.165, 1.54) is 14.2 Å². The Balaban J connectivity index is 1.79. The highest BCUT2D eigenvalue weighted by molar-refractivity contribution is 7.93. The molecule has 3 heterocycles. The average molecular weight is 561 g/mol. The summed E-state index contributed by atoms with van der Waals surface area (Å²) >= 11 is 0. The van der Waals surface area contributed by atoms with Crippen LogP contribution >= 0.6 is 0 Å². The van der Waals surface area contributed by atoms with Gasteiger partial charge >= 0.3 is 0 Å². The normalized spacial score (nSPS) is 17.6. The van der Waals surface area contributed by atoms with Crippen LogP contribution in [-0.2, 0) is 19.5 Å². The highest BCUT2D eigenvalue weighted by atomic mass is 32.2. The van der Waals surface area contributed by atoms with Gasteiger partial charge in [0.1, 0.15) is 34.4 Å². The van der Waals surface area contributed by atoms with Crippen molar-refractivity contribution in [3.05, 3.63) is 47.8 Å². The van der Waals surface area contributed by atoms with E-state index in [0.29, 0.717) is 36.2 Å². The third-order valence-electron chi connectivity index (χ3n) is 6.46. The van der Waals surface area contributed by atoms with Gasteiger partial charge in [0.25, 0.3) is 0 Å². The number of hydrogen-bond acceptors (Lipinski definition) is 10. The molecule has 0 spiro atoms. The Kier molecular flexibility index (Phi) is 9.03. The van der Waals surface area contributed by atoms with Crippen LogP contribution in [0.1, 0.15) is 62.8 Å². The molecule has 0 amide bonds. The second kappa shape index (κ2) is 12.3. The molecule has 2 aromatic heterocycles. The third kappa shape index (κ3) is 6.31. The number of benzene rings is 1. The fraction of sp³-hybridized carbons (Fsp3) is 0.538. The molecule has 1 N–H and O–H groups in total. The molecule has 0 saturated carbocycles. The fourth-order valence-electron chi connectivity index (χ4n) is 4.45. The Morgan fingerprint density at radius 1 is 1.08 bits per heavy atom. The van der Waals surface area contributed by atoms with E-state index < -0.39 is 21.4 Å². The molecule has 3 aromatic rings. The zero-order chi connectivity index (χ0) is 28.2. The number of ether oxygens (including phenoxy) is 4. The van der Waals surface area contributed by atoms with Gasteiger partial charge in [-0.2, -0.15) is 0 Å². The van der Waals surface area contributed by atoms with Gasteiger partial charge in [-0.3, -0.25) is 9.29 Å². The van der Waals surface area contributed by atoms with Crippen LogP contribution in [0.3, 0.4) is 0 Å². The van der Waals surface area contributed by atoms with Crippen LogP contribution in [0, 0.1) is 6.92 Å². The third-order valence-corrected chi connectivity index (χ3v) is 8.16. The van der Waals surface area contributed by atoms with Crippen molar-refractivity contribution in [2.75, 3.05) is 32.2 Å². The molecule has 1 saturated heterocycles. The van der Waals surface area contributed by atoms with Crippen molar-refractivity contribution >= 4 is 16.0 Å². The quantitative estimate of drug-likeness (QED) is 0.370. The molecule has 13 heteroatoms. The van der Waals surface area contributed by atoms with E-state index >= 15 is 0 Å². The standard InChI is InChI=1S/C26H36N6O6S/c1-16(2)38-23(24-27-13-17(3)14-28-24)18(4)39(33,34)31-26-30-29-25(19-9-8-12-37-15-19)32(26)22-20(35-5)10-7-11-21(22)36-6/h7,10-11,13-14,16,18-19,23H,8-9,12,15H2,1-6H3,(H,30,31)/t18?,19-,23?/m0/s1. The topological polar surface area (TPSA) is 140 Å².